The highest BCUT2D eigenvalue weighted by molar-refractivity contribution is 9.10. The number of fused-ring (bicyclic) bond motifs is 1. The Bertz CT molecular complexity index is 862. The van der Waals surface area contributed by atoms with Gasteiger partial charge in [-0.05, 0) is 47.4 Å². The number of hydrogen-bond acceptors (Lipinski definition) is 6. The van der Waals surface area contributed by atoms with Crippen molar-refractivity contribution in [1.82, 2.24) is 14.6 Å². The molecule has 0 bridgehead atoms. The number of Topliss-reactive ketones (excluding diaryl/α,β-unsaturated/α-hetero) is 1. The van der Waals surface area contributed by atoms with E-state index in [1.54, 1.807) is 6.07 Å². The average molecular weight is 430 g/mol. The third-order valence-corrected chi connectivity index (χ3v) is 5.54. The van der Waals surface area contributed by atoms with Crippen LogP contribution in [0.5, 0.6) is 0 Å². The van der Waals surface area contributed by atoms with Crippen molar-refractivity contribution in [2.45, 2.75) is 38.0 Å². The summed E-state index contributed by atoms with van der Waals surface area (Å²) >= 11 is 9.29. The fraction of sp³-hybridized carbons (Fsp3) is 0.438. The van der Waals surface area contributed by atoms with Gasteiger partial charge in [-0.15, -0.1) is 0 Å². The zero-order valence-electron chi connectivity index (χ0n) is 13.2. The van der Waals surface area contributed by atoms with Crippen LogP contribution in [-0.4, -0.2) is 44.2 Å². The summed E-state index contributed by atoms with van der Waals surface area (Å²) in [6.07, 6.45) is 1.49. The summed E-state index contributed by atoms with van der Waals surface area (Å²) in [6, 6.07) is 2.39. The Labute approximate surface area is 156 Å². The summed E-state index contributed by atoms with van der Waals surface area (Å²) in [6.45, 7) is 0.104. The SMILES string of the molecule is O=C(C[C@@H]1[C@@H](O)CCCN1[O-])Cn1cnc2cc(Br)c(Cl)cc2c1=O. The molecule has 2 heterocycles. The summed E-state index contributed by atoms with van der Waals surface area (Å²) in [4.78, 5) is 29.0. The van der Waals surface area contributed by atoms with Crippen molar-refractivity contribution >= 4 is 44.2 Å². The van der Waals surface area contributed by atoms with Gasteiger partial charge < -0.3 is 15.4 Å². The quantitative estimate of drug-likeness (QED) is 0.799. The van der Waals surface area contributed by atoms with Crippen LogP contribution in [0.4, 0.5) is 0 Å². The number of aliphatic hydroxyl groups is 1. The van der Waals surface area contributed by atoms with Crippen molar-refractivity contribution in [2.24, 2.45) is 0 Å². The van der Waals surface area contributed by atoms with Crippen LogP contribution >= 0.6 is 27.5 Å². The molecule has 25 heavy (non-hydrogen) atoms. The van der Waals surface area contributed by atoms with E-state index in [-0.39, 0.29) is 24.3 Å². The van der Waals surface area contributed by atoms with Gasteiger partial charge in [0.05, 0.1) is 34.9 Å². The van der Waals surface area contributed by atoms with Crippen LogP contribution in [0.15, 0.2) is 27.7 Å². The highest BCUT2D eigenvalue weighted by Crippen LogP contribution is 2.25. The molecule has 1 fully saturated rings. The fourth-order valence-electron chi connectivity index (χ4n) is 3.00. The zero-order valence-corrected chi connectivity index (χ0v) is 15.5. The summed E-state index contributed by atoms with van der Waals surface area (Å²) in [7, 11) is 0. The molecule has 1 N–H and O–H groups in total. The first kappa shape index (κ1) is 18.5. The first-order chi connectivity index (χ1) is 11.9. The molecule has 0 spiro atoms. The van der Waals surface area contributed by atoms with Crippen LogP contribution < -0.4 is 5.56 Å². The number of hydrogen-bond donors (Lipinski definition) is 1. The molecule has 0 saturated carbocycles. The standard InChI is InChI=1S/C16H16BrClN3O4/c17-11-6-13-10(5-12(11)18)16(24)20(8-19-13)7-9(22)4-14-15(23)2-1-3-21(14)25/h5-6,8,14-15,23H,1-4,7H2/q-1/t14-,15+/m1/s1. The lowest BCUT2D eigenvalue weighted by atomic mass is 9.96. The summed E-state index contributed by atoms with van der Waals surface area (Å²) in [5, 5.41) is 23.2. The van der Waals surface area contributed by atoms with Crippen LogP contribution in [-0.2, 0) is 11.3 Å². The minimum atomic E-state index is -0.821. The van der Waals surface area contributed by atoms with Crippen LogP contribution in [0.2, 0.25) is 5.02 Å². The van der Waals surface area contributed by atoms with E-state index in [9.17, 15) is 19.9 Å². The molecule has 1 aromatic carbocycles. The molecule has 1 saturated heterocycles. The van der Waals surface area contributed by atoms with Gasteiger partial charge in [0.15, 0.2) is 5.78 Å². The van der Waals surface area contributed by atoms with Crippen molar-refractivity contribution in [1.29, 1.82) is 0 Å². The van der Waals surface area contributed by atoms with Crippen LogP contribution in [0.3, 0.4) is 0 Å². The molecule has 3 rings (SSSR count). The maximum atomic E-state index is 12.5. The minimum Gasteiger partial charge on any atom is -0.785 e. The zero-order chi connectivity index (χ0) is 18.1. The van der Waals surface area contributed by atoms with E-state index in [4.69, 9.17) is 11.6 Å². The monoisotopic (exact) mass is 428 g/mol. The number of aromatic nitrogens is 2. The van der Waals surface area contributed by atoms with E-state index < -0.39 is 12.1 Å². The number of halogens is 2. The molecule has 9 heteroatoms. The number of carbonyl (C=O) groups is 1. The van der Waals surface area contributed by atoms with E-state index >= 15 is 0 Å². The lowest BCUT2D eigenvalue weighted by molar-refractivity contribution is -0.122. The summed E-state index contributed by atoms with van der Waals surface area (Å²) < 4.78 is 1.82. The van der Waals surface area contributed by atoms with Crippen molar-refractivity contribution < 1.29 is 9.90 Å². The number of piperidine rings is 1. The molecule has 7 nitrogen and oxygen atoms in total. The van der Waals surface area contributed by atoms with E-state index in [2.05, 4.69) is 20.9 Å². The number of rotatable bonds is 4. The Morgan fingerprint density at radius 1 is 1.48 bits per heavy atom. The first-order valence-electron chi connectivity index (χ1n) is 7.84. The molecule has 0 amide bonds. The predicted molar refractivity (Wildman–Crippen MR) is 97.4 cm³/mol. The van der Waals surface area contributed by atoms with Crippen LogP contribution in [0, 0.1) is 5.21 Å². The predicted octanol–water partition coefficient (Wildman–Crippen LogP) is 2.09. The highest BCUT2D eigenvalue weighted by Gasteiger charge is 2.27. The third kappa shape index (κ3) is 3.93. The maximum Gasteiger partial charge on any atom is 0.261 e. The molecule has 1 aromatic heterocycles. The normalized spacial score (nSPS) is 21.6. The van der Waals surface area contributed by atoms with Crippen molar-refractivity contribution in [3.8, 4) is 0 Å². The second-order valence-electron chi connectivity index (χ2n) is 6.12. The molecule has 0 radical (unpaired) electrons. The number of hydroxylamine groups is 2. The molecule has 2 aromatic rings. The number of nitrogens with zero attached hydrogens (tertiary/aromatic N) is 3. The molecule has 0 aliphatic carbocycles. The van der Waals surface area contributed by atoms with Crippen molar-refractivity contribution in [3.63, 3.8) is 0 Å². The lowest BCUT2D eigenvalue weighted by Gasteiger charge is -2.43. The number of aliphatic hydroxyl groups excluding tert-OH is 1. The van der Waals surface area contributed by atoms with Gasteiger partial charge in [-0.2, -0.15) is 0 Å². The Balaban J connectivity index is 1.80. The van der Waals surface area contributed by atoms with Gasteiger partial charge in [-0.25, -0.2) is 4.98 Å². The Kier molecular flexibility index (Phi) is 5.55. The van der Waals surface area contributed by atoms with E-state index in [0.717, 1.165) is 5.06 Å². The van der Waals surface area contributed by atoms with Gasteiger partial charge in [0, 0.05) is 16.9 Å². The summed E-state index contributed by atoms with van der Waals surface area (Å²) in [5.74, 6) is -0.307. The van der Waals surface area contributed by atoms with E-state index in [1.165, 1.54) is 17.0 Å². The fourth-order valence-corrected chi connectivity index (χ4v) is 3.49. The van der Waals surface area contributed by atoms with Gasteiger partial charge in [-0.1, -0.05) is 11.6 Å². The molecular formula is C16H16BrClN3O4-. The number of ketones is 1. The molecule has 134 valence electrons. The molecular weight excluding hydrogens is 414 g/mol. The Morgan fingerprint density at radius 3 is 2.96 bits per heavy atom. The van der Waals surface area contributed by atoms with Gasteiger partial charge in [0.25, 0.3) is 5.56 Å². The largest absolute Gasteiger partial charge is 0.785 e. The van der Waals surface area contributed by atoms with Crippen molar-refractivity contribution in [2.75, 3.05) is 6.54 Å². The molecule has 2 atom stereocenters. The summed E-state index contributed by atoms with van der Waals surface area (Å²) in [5.41, 5.74) is 0.0920. The average Bonchev–Trinajstić information content (AvgIpc) is 2.56. The third-order valence-electron chi connectivity index (χ3n) is 4.34. The molecule has 1 aliphatic rings. The smallest absolute Gasteiger partial charge is 0.261 e. The lowest BCUT2D eigenvalue weighted by Crippen LogP contribution is -2.46. The Morgan fingerprint density at radius 2 is 2.24 bits per heavy atom. The number of benzene rings is 1. The molecule has 0 unspecified atom stereocenters. The topological polar surface area (TPSA) is 98.5 Å². The van der Waals surface area contributed by atoms with Gasteiger partial charge >= 0.3 is 0 Å². The maximum absolute atomic E-state index is 12.5. The first-order valence-corrected chi connectivity index (χ1v) is 9.01. The second-order valence-corrected chi connectivity index (χ2v) is 7.38. The van der Waals surface area contributed by atoms with Gasteiger partial charge in [0.1, 0.15) is 0 Å². The molecule has 1 aliphatic heterocycles. The highest BCUT2D eigenvalue weighted by atomic mass is 79.9. The number of carbonyl (C=O) groups excluding carboxylic acids is 1. The minimum absolute atomic E-state index is 0.101. The Hall–Kier alpha value is -1.32. The van der Waals surface area contributed by atoms with E-state index in [1.807, 2.05) is 0 Å². The van der Waals surface area contributed by atoms with Crippen molar-refractivity contribution in [3.05, 3.63) is 43.5 Å². The van der Waals surface area contributed by atoms with Gasteiger partial charge in [0.2, 0.25) is 0 Å². The van der Waals surface area contributed by atoms with E-state index in [0.29, 0.717) is 39.8 Å². The van der Waals surface area contributed by atoms with Crippen LogP contribution in [0.1, 0.15) is 19.3 Å². The van der Waals surface area contributed by atoms with Gasteiger partial charge in [-0.3, -0.25) is 14.2 Å². The van der Waals surface area contributed by atoms with Crippen LogP contribution in [0.25, 0.3) is 10.9 Å². The second kappa shape index (κ2) is 7.51.